The van der Waals surface area contributed by atoms with Crippen LogP contribution in [0.5, 0.6) is 0 Å². The summed E-state index contributed by atoms with van der Waals surface area (Å²) in [7, 11) is 0. The van der Waals surface area contributed by atoms with Gasteiger partial charge in [-0.2, -0.15) is 18.3 Å². The van der Waals surface area contributed by atoms with E-state index in [1.165, 1.54) is 24.5 Å². The van der Waals surface area contributed by atoms with E-state index < -0.39 is 17.7 Å². The maximum absolute atomic E-state index is 14.7. The number of aromatic nitrogens is 6. The monoisotopic (exact) mass is 491 g/mol. The Labute approximate surface area is 200 Å². The Morgan fingerprint density at radius 3 is 2.67 bits per heavy atom. The zero-order chi connectivity index (χ0) is 25.0. The van der Waals surface area contributed by atoms with E-state index in [-0.39, 0.29) is 0 Å². The molecule has 0 atom stereocenters. The number of H-pyrrole nitrogens is 1. The first-order chi connectivity index (χ1) is 17.3. The lowest BCUT2D eigenvalue weighted by Gasteiger charge is -2.12. The first-order valence-corrected chi connectivity index (χ1v) is 11.1. The van der Waals surface area contributed by atoms with Crippen LogP contribution in [-0.2, 0) is 6.18 Å². The van der Waals surface area contributed by atoms with Crippen molar-refractivity contribution in [3.05, 3.63) is 72.7 Å². The highest BCUT2D eigenvalue weighted by molar-refractivity contribution is 6.15. The minimum Gasteiger partial charge on any atom is -0.384 e. The second kappa shape index (κ2) is 8.01. The summed E-state index contributed by atoms with van der Waals surface area (Å²) in [5, 5.41) is 7.83. The smallest absolute Gasteiger partial charge is 0.384 e. The molecule has 6 aromatic rings. The minimum absolute atomic E-state index is 0.312. The number of hydrogen-bond acceptors (Lipinski definition) is 5. The van der Waals surface area contributed by atoms with Gasteiger partial charge in [0.1, 0.15) is 11.5 Å². The Balaban J connectivity index is 1.71. The molecule has 11 heteroatoms. The van der Waals surface area contributed by atoms with Crippen LogP contribution in [0.4, 0.5) is 23.2 Å². The third kappa shape index (κ3) is 3.51. The van der Waals surface area contributed by atoms with Crippen LogP contribution in [0, 0.1) is 5.82 Å². The number of anilines is 1. The van der Waals surface area contributed by atoms with Crippen LogP contribution in [0.1, 0.15) is 12.6 Å². The Hall–Kier alpha value is -4.54. The highest BCUT2D eigenvalue weighted by Gasteiger charge is 2.34. The van der Waals surface area contributed by atoms with Crippen molar-refractivity contribution in [2.75, 3.05) is 11.9 Å². The largest absolute Gasteiger partial charge is 0.435 e. The molecule has 0 fully saturated rings. The molecule has 0 spiro atoms. The number of aromatic amines is 1. The second-order valence-corrected chi connectivity index (χ2v) is 8.18. The molecule has 0 radical (unpaired) electrons. The molecular formula is C25H17F4N7. The summed E-state index contributed by atoms with van der Waals surface area (Å²) in [4.78, 5) is 16.5. The van der Waals surface area contributed by atoms with Gasteiger partial charge in [0.05, 0.1) is 33.3 Å². The lowest BCUT2D eigenvalue weighted by Crippen LogP contribution is -2.08. The fraction of sp³-hybridized carbons (Fsp3) is 0.120. The van der Waals surface area contributed by atoms with Crippen molar-refractivity contribution in [1.29, 1.82) is 0 Å². The number of benzene rings is 1. The molecule has 0 unspecified atom stereocenters. The zero-order valence-electron chi connectivity index (χ0n) is 18.7. The van der Waals surface area contributed by atoms with Crippen LogP contribution >= 0.6 is 0 Å². The van der Waals surface area contributed by atoms with Crippen LogP contribution < -0.4 is 5.32 Å². The molecule has 0 saturated carbocycles. The standard InChI is InChI=1S/C25H17F4N7/c1-2-30-19-10-14(26)9-15-21-23(36-7-5-20(35-36)25(27,28)29)16(12-33-24(21)34-22(15)19)13-8-18-17(32-11-13)4-3-6-31-18/h3-12,30H,2H2,1H3,(H,33,34). The van der Waals surface area contributed by atoms with E-state index in [1.54, 1.807) is 24.5 Å². The van der Waals surface area contributed by atoms with Crippen molar-refractivity contribution >= 4 is 38.7 Å². The van der Waals surface area contributed by atoms with Gasteiger partial charge in [0.25, 0.3) is 0 Å². The minimum atomic E-state index is -4.63. The third-order valence-electron chi connectivity index (χ3n) is 5.91. The molecule has 0 bridgehead atoms. The van der Waals surface area contributed by atoms with E-state index in [2.05, 4.69) is 30.4 Å². The number of nitrogens with one attached hydrogen (secondary N) is 2. The van der Waals surface area contributed by atoms with Crippen LogP contribution in [0.3, 0.4) is 0 Å². The van der Waals surface area contributed by atoms with E-state index >= 15 is 0 Å². The predicted molar refractivity (Wildman–Crippen MR) is 128 cm³/mol. The van der Waals surface area contributed by atoms with Gasteiger partial charge in [0, 0.05) is 47.8 Å². The first-order valence-electron chi connectivity index (χ1n) is 11.1. The van der Waals surface area contributed by atoms with Crippen molar-refractivity contribution in [3.63, 3.8) is 0 Å². The average Bonchev–Trinajstić information content (AvgIpc) is 3.49. The van der Waals surface area contributed by atoms with E-state index in [9.17, 15) is 17.6 Å². The van der Waals surface area contributed by atoms with E-state index in [0.717, 1.165) is 10.7 Å². The van der Waals surface area contributed by atoms with Crippen LogP contribution in [0.25, 0.3) is 49.8 Å². The molecule has 0 aliphatic heterocycles. The maximum atomic E-state index is 14.7. The van der Waals surface area contributed by atoms with Crippen molar-refractivity contribution in [2.45, 2.75) is 13.1 Å². The van der Waals surface area contributed by atoms with Gasteiger partial charge >= 0.3 is 6.18 Å². The van der Waals surface area contributed by atoms with Crippen molar-refractivity contribution < 1.29 is 17.6 Å². The number of rotatable bonds is 4. The Bertz CT molecular complexity index is 1770. The molecule has 180 valence electrons. The van der Waals surface area contributed by atoms with Gasteiger partial charge in [0.2, 0.25) is 0 Å². The summed E-state index contributed by atoms with van der Waals surface area (Å²) in [6, 6.07) is 8.94. The normalized spacial score (nSPS) is 12.1. The van der Waals surface area contributed by atoms with Gasteiger partial charge in [-0.05, 0) is 43.3 Å². The molecule has 0 amide bonds. The molecule has 6 rings (SSSR count). The third-order valence-corrected chi connectivity index (χ3v) is 5.91. The van der Waals surface area contributed by atoms with E-state index in [0.29, 0.717) is 62.0 Å². The Morgan fingerprint density at radius 1 is 1.03 bits per heavy atom. The average molecular weight is 491 g/mol. The molecule has 0 aliphatic carbocycles. The van der Waals surface area contributed by atoms with Crippen LogP contribution in [0.15, 0.2) is 61.2 Å². The number of hydrogen-bond donors (Lipinski definition) is 2. The van der Waals surface area contributed by atoms with Crippen molar-refractivity contribution in [3.8, 4) is 16.8 Å². The first kappa shape index (κ1) is 22.0. The van der Waals surface area contributed by atoms with Gasteiger partial charge < -0.3 is 10.3 Å². The molecular weight excluding hydrogens is 474 g/mol. The zero-order valence-corrected chi connectivity index (χ0v) is 18.7. The molecule has 5 heterocycles. The molecule has 1 aromatic carbocycles. The number of halogens is 4. The Kier molecular flexibility index (Phi) is 4.88. The molecule has 5 aromatic heterocycles. The van der Waals surface area contributed by atoms with E-state index in [1.807, 2.05) is 13.0 Å². The van der Waals surface area contributed by atoms with Gasteiger partial charge in [-0.1, -0.05) is 0 Å². The number of fused-ring (bicyclic) bond motifs is 4. The lowest BCUT2D eigenvalue weighted by molar-refractivity contribution is -0.141. The summed E-state index contributed by atoms with van der Waals surface area (Å²) in [5.74, 6) is -0.497. The van der Waals surface area contributed by atoms with Gasteiger partial charge in [-0.15, -0.1) is 0 Å². The molecule has 7 nitrogen and oxygen atoms in total. The van der Waals surface area contributed by atoms with Crippen molar-refractivity contribution in [2.24, 2.45) is 0 Å². The number of pyridine rings is 3. The SMILES string of the molecule is CCNc1cc(F)cc2c1[nH]c1ncc(-c3cnc4cccnc4c3)c(-n3ccc(C(F)(F)F)n3)c12. The molecule has 2 N–H and O–H groups in total. The summed E-state index contributed by atoms with van der Waals surface area (Å²) in [6.45, 7) is 2.42. The van der Waals surface area contributed by atoms with Gasteiger partial charge in [0.15, 0.2) is 5.69 Å². The highest BCUT2D eigenvalue weighted by atomic mass is 19.4. The summed E-state index contributed by atoms with van der Waals surface area (Å²) in [5.41, 5.74) is 3.07. The molecule has 0 aliphatic rings. The van der Waals surface area contributed by atoms with Crippen LogP contribution in [0.2, 0.25) is 0 Å². The highest BCUT2D eigenvalue weighted by Crippen LogP contribution is 2.39. The van der Waals surface area contributed by atoms with Crippen LogP contribution in [-0.4, -0.2) is 36.3 Å². The lowest BCUT2D eigenvalue weighted by atomic mass is 10.0. The second-order valence-electron chi connectivity index (χ2n) is 8.18. The molecule has 0 saturated heterocycles. The Morgan fingerprint density at radius 2 is 1.89 bits per heavy atom. The number of alkyl halides is 3. The van der Waals surface area contributed by atoms with Gasteiger partial charge in [-0.25, -0.2) is 14.1 Å². The maximum Gasteiger partial charge on any atom is 0.435 e. The van der Waals surface area contributed by atoms with E-state index in [4.69, 9.17) is 0 Å². The summed E-state index contributed by atoms with van der Waals surface area (Å²) in [6.07, 6.45) is 1.37. The molecule has 36 heavy (non-hydrogen) atoms. The summed E-state index contributed by atoms with van der Waals surface area (Å²) < 4.78 is 56.1. The number of nitrogens with zero attached hydrogens (tertiary/aromatic N) is 5. The fourth-order valence-corrected chi connectivity index (χ4v) is 4.39. The van der Waals surface area contributed by atoms with Gasteiger partial charge in [-0.3, -0.25) is 9.97 Å². The van der Waals surface area contributed by atoms with Crippen molar-refractivity contribution in [1.82, 2.24) is 29.7 Å². The predicted octanol–water partition coefficient (Wildman–Crippen LogP) is 6.10. The fourth-order valence-electron chi connectivity index (χ4n) is 4.39. The topological polar surface area (TPSA) is 84.3 Å². The quantitative estimate of drug-likeness (QED) is 0.291. The summed E-state index contributed by atoms with van der Waals surface area (Å²) >= 11 is 0.